The van der Waals surface area contributed by atoms with Gasteiger partial charge < -0.3 is 24.8 Å². The van der Waals surface area contributed by atoms with E-state index in [1.54, 1.807) is 0 Å². The second-order valence-corrected chi connectivity index (χ2v) is 14.8. The van der Waals surface area contributed by atoms with Gasteiger partial charge in [0.25, 0.3) is 0 Å². The number of unbranched alkanes of at least 4 members (excludes halogenated alkanes) is 1. The number of rotatable bonds is 11. The van der Waals surface area contributed by atoms with Gasteiger partial charge in [-0.1, -0.05) is 112 Å². The van der Waals surface area contributed by atoms with E-state index in [0.717, 1.165) is 43.4 Å². The van der Waals surface area contributed by atoms with Gasteiger partial charge in [0.15, 0.2) is 0 Å². The normalized spacial score (nSPS) is 11.6. The molecule has 45 heavy (non-hydrogen) atoms. The fourth-order valence-corrected chi connectivity index (χ4v) is 4.01. The van der Waals surface area contributed by atoms with Crippen LogP contribution in [0.4, 0.5) is 0 Å². The standard InChI is InChI=1S/C14H23NO.C14H22O.C12H19NO/c1-14(2,3)12-6-8-13(9-7-12)16-11-10-15(4)5;1-5-6-11-15-13-9-7-12(8-10-13)14(2,3)4;1-12(2,3)10-4-6-11(7-5-10)14-9-8-13/h6-9H,10-11H2,1-5H3;7-10H,5-6,11H2,1-4H3;4-7H,8-9,13H2,1-3H3. The molecule has 5 nitrogen and oxygen atoms in total. The Morgan fingerprint density at radius 3 is 1.09 bits per heavy atom. The van der Waals surface area contributed by atoms with E-state index in [4.69, 9.17) is 19.9 Å². The molecule has 0 aliphatic heterocycles. The average Bonchev–Trinajstić information content (AvgIpc) is 2.96. The Bertz CT molecular complexity index is 1170. The molecule has 0 bridgehead atoms. The Morgan fingerprint density at radius 2 is 0.822 bits per heavy atom. The zero-order valence-corrected chi connectivity index (χ0v) is 30.6. The lowest BCUT2D eigenvalue weighted by Crippen LogP contribution is -2.19. The van der Waals surface area contributed by atoms with Crippen LogP contribution in [0.3, 0.4) is 0 Å². The van der Waals surface area contributed by atoms with Crippen LogP contribution in [-0.4, -0.2) is 51.9 Å². The van der Waals surface area contributed by atoms with Crippen LogP contribution in [0.5, 0.6) is 17.2 Å². The van der Waals surface area contributed by atoms with E-state index in [1.807, 2.05) is 26.2 Å². The van der Waals surface area contributed by atoms with Crippen LogP contribution in [-0.2, 0) is 16.2 Å². The maximum atomic E-state index is 5.64. The van der Waals surface area contributed by atoms with Gasteiger partial charge in [0.2, 0.25) is 0 Å². The highest BCUT2D eigenvalue weighted by Crippen LogP contribution is 2.26. The largest absolute Gasteiger partial charge is 0.494 e. The van der Waals surface area contributed by atoms with Gasteiger partial charge >= 0.3 is 0 Å². The number of hydrogen-bond acceptors (Lipinski definition) is 5. The first-order valence-electron chi connectivity index (χ1n) is 16.5. The number of hydrogen-bond donors (Lipinski definition) is 1. The van der Waals surface area contributed by atoms with Gasteiger partial charge in [0.05, 0.1) is 6.61 Å². The molecule has 2 N–H and O–H groups in total. The molecule has 0 amide bonds. The highest BCUT2D eigenvalue weighted by molar-refractivity contribution is 5.32. The molecule has 252 valence electrons. The number of benzene rings is 3. The maximum absolute atomic E-state index is 5.64. The van der Waals surface area contributed by atoms with Gasteiger partial charge in [0.1, 0.15) is 30.5 Å². The van der Waals surface area contributed by atoms with Crippen molar-refractivity contribution in [3.8, 4) is 17.2 Å². The summed E-state index contributed by atoms with van der Waals surface area (Å²) in [5.41, 5.74) is 10.00. The van der Waals surface area contributed by atoms with Crippen molar-refractivity contribution in [3.63, 3.8) is 0 Å². The number of ether oxygens (including phenoxy) is 3. The van der Waals surface area contributed by atoms with Crippen LogP contribution < -0.4 is 19.9 Å². The Kier molecular flexibility index (Phi) is 17.3. The van der Waals surface area contributed by atoms with Crippen molar-refractivity contribution in [1.29, 1.82) is 0 Å². The lowest BCUT2D eigenvalue weighted by atomic mass is 9.87. The molecule has 5 heteroatoms. The Morgan fingerprint density at radius 1 is 0.511 bits per heavy atom. The summed E-state index contributed by atoms with van der Waals surface area (Å²) >= 11 is 0. The quantitative estimate of drug-likeness (QED) is 0.217. The molecule has 3 aromatic carbocycles. The molecule has 0 saturated heterocycles. The minimum Gasteiger partial charge on any atom is -0.494 e. The second kappa shape index (κ2) is 19.5. The molecule has 0 heterocycles. The average molecular weight is 621 g/mol. The van der Waals surface area contributed by atoms with Crippen molar-refractivity contribution in [2.24, 2.45) is 5.73 Å². The van der Waals surface area contributed by atoms with Crippen LogP contribution in [0.1, 0.15) is 98.8 Å². The summed E-state index contributed by atoms with van der Waals surface area (Å²) in [6.07, 6.45) is 2.31. The third-order valence-corrected chi connectivity index (χ3v) is 7.12. The lowest BCUT2D eigenvalue weighted by Gasteiger charge is -2.19. The van der Waals surface area contributed by atoms with Crippen molar-refractivity contribution in [2.45, 2.75) is 98.3 Å². The van der Waals surface area contributed by atoms with E-state index >= 15 is 0 Å². The van der Waals surface area contributed by atoms with Gasteiger partial charge in [0, 0.05) is 13.1 Å². The minimum absolute atomic E-state index is 0.201. The van der Waals surface area contributed by atoms with Gasteiger partial charge in [-0.3, -0.25) is 0 Å². The van der Waals surface area contributed by atoms with E-state index in [0.29, 0.717) is 13.2 Å². The molecular formula is C40H64N2O3. The number of nitrogens with two attached hydrogens (primary N) is 1. The minimum atomic E-state index is 0.201. The van der Waals surface area contributed by atoms with Crippen molar-refractivity contribution in [2.75, 3.05) is 47.0 Å². The fraction of sp³-hybridized carbons (Fsp3) is 0.550. The van der Waals surface area contributed by atoms with Crippen LogP contribution in [0.2, 0.25) is 0 Å². The molecule has 3 aromatic rings. The molecule has 3 rings (SSSR count). The molecule has 0 fully saturated rings. The van der Waals surface area contributed by atoms with Crippen LogP contribution in [0.25, 0.3) is 0 Å². The molecule has 0 aliphatic carbocycles. The van der Waals surface area contributed by atoms with Gasteiger partial charge in [-0.05, 0) is 89.8 Å². The van der Waals surface area contributed by atoms with Gasteiger partial charge in [-0.15, -0.1) is 0 Å². The zero-order valence-electron chi connectivity index (χ0n) is 30.6. The summed E-state index contributed by atoms with van der Waals surface area (Å²) in [5.74, 6) is 2.83. The predicted molar refractivity (Wildman–Crippen MR) is 194 cm³/mol. The molecule has 0 spiro atoms. The van der Waals surface area contributed by atoms with Gasteiger partial charge in [-0.2, -0.15) is 0 Å². The van der Waals surface area contributed by atoms with Crippen LogP contribution in [0.15, 0.2) is 72.8 Å². The van der Waals surface area contributed by atoms with E-state index in [2.05, 4.69) is 135 Å². The molecule has 0 aromatic heterocycles. The number of likely N-dealkylation sites (N-methyl/N-ethyl adjacent to an activating group) is 1. The zero-order chi connectivity index (χ0) is 34.1. The first kappa shape index (κ1) is 40.0. The highest BCUT2D eigenvalue weighted by atomic mass is 16.5. The first-order valence-corrected chi connectivity index (χ1v) is 16.5. The van der Waals surface area contributed by atoms with Crippen molar-refractivity contribution >= 4 is 0 Å². The van der Waals surface area contributed by atoms with E-state index < -0.39 is 0 Å². The Labute approximate surface area is 276 Å². The fourth-order valence-electron chi connectivity index (χ4n) is 4.01. The summed E-state index contributed by atoms with van der Waals surface area (Å²) in [7, 11) is 4.10. The van der Waals surface area contributed by atoms with Crippen molar-refractivity contribution < 1.29 is 14.2 Å². The molecular weight excluding hydrogens is 556 g/mol. The van der Waals surface area contributed by atoms with Crippen LogP contribution >= 0.6 is 0 Å². The summed E-state index contributed by atoms with van der Waals surface area (Å²) in [6, 6.07) is 25.0. The Hall–Kier alpha value is -3.02. The molecule has 0 unspecified atom stereocenters. The molecule has 0 radical (unpaired) electrons. The van der Waals surface area contributed by atoms with E-state index in [-0.39, 0.29) is 16.2 Å². The second-order valence-electron chi connectivity index (χ2n) is 14.8. The van der Waals surface area contributed by atoms with E-state index in [1.165, 1.54) is 23.1 Å². The number of nitrogens with zero attached hydrogens (tertiary/aromatic N) is 1. The van der Waals surface area contributed by atoms with Gasteiger partial charge in [-0.25, -0.2) is 0 Å². The summed E-state index contributed by atoms with van der Waals surface area (Å²) in [4.78, 5) is 2.11. The first-order chi connectivity index (χ1) is 21.0. The highest BCUT2D eigenvalue weighted by Gasteiger charge is 2.14. The summed E-state index contributed by atoms with van der Waals surface area (Å²) < 4.78 is 16.7. The van der Waals surface area contributed by atoms with Crippen LogP contribution in [0, 0.1) is 0 Å². The predicted octanol–water partition coefficient (Wildman–Crippen LogP) is 9.41. The maximum Gasteiger partial charge on any atom is 0.119 e. The molecule has 0 saturated carbocycles. The summed E-state index contributed by atoms with van der Waals surface area (Å²) in [5, 5.41) is 0. The third-order valence-electron chi connectivity index (χ3n) is 7.12. The Balaban J connectivity index is 0.000000338. The SMILES string of the molecule is CC(C)(C)c1ccc(OCCN)cc1.CCCCOc1ccc(C(C)(C)C)cc1.CN(C)CCOc1ccc(C(C)(C)C)cc1. The van der Waals surface area contributed by atoms with Crippen molar-refractivity contribution in [3.05, 3.63) is 89.5 Å². The van der Waals surface area contributed by atoms with Crippen molar-refractivity contribution in [1.82, 2.24) is 4.90 Å². The monoisotopic (exact) mass is 620 g/mol. The summed E-state index contributed by atoms with van der Waals surface area (Å²) in [6.45, 7) is 25.7. The molecule has 0 aliphatic rings. The molecule has 0 atom stereocenters. The topological polar surface area (TPSA) is 57.0 Å². The third kappa shape index (κ3) is 17.3. The van der Waals surface area contributed by atoms with E-state index in [9.17, 15) is 0 Å². The lowest BCUT2D eigenvalue weighted by molar-refractivity contribution is 0.261. The smallest absolute Gasteiger partial charge is 0.119 e.